The minimum atomic E-state index is -0.650. The molecule has 2 saturated carbocycles. The van der Waals surface area contributed by atoms with Gasteiger partial charge >= 0.3 is 5.97 Å². The van der Waals surface area contributed by atoms with Crippen molar-refractivity contribution in [3.63, 3.8) is 0 Å². The van der Waals surface area contributed by atoms with E-state index in [-0.39, 0.29) is 41.5 Å². The Labute approximate surface area is 207 Å². The van der Waals surface area contributed by atoms with Gasteiger partial charge in [0.15, 0.2) is 0 Å². The van der Waals surface area contributed by atoms with E-state index in [9.17, 15) is 9.90 Å². The highest BCUT2D eigenvalue weighted by Gasteiger charge is 2.65. The van der Waals surface area contributed by atoms with Gasteiger partial charge < -0.3 is 24.2 Å². The number of fused-ring (bicyclic) bond motifs is 4. The number of aliphatic hydroxyl groups excluding tert-OH is 1. The van der Waals surface area contributed by atoms with Crippen molar-refractivity contribution in [1.82, 2.24) is 4.90 Å². The van der Waals surface area contributed by atoms with E-state index in [4.69, 9.17) is 14.2 Å². The third-order valence-electron chi connectivity index (χ3n) is 9.29. The van der Waals surface area contributed by atoms with Crippen LogP contribution >= 0.6 is 0 Å². The molecule has 0 unspecified atom stereocenters. The number of likely N-dealkylation sites (N-methyl/N-ethyl adjacent to an activating group) is 1. The van der Waals surface area contributed by atoms with Gasteiger partial charge in [0.05, 0.1) is 18.1 Å². The van der Waals surface area contributed by atoms with E-state index in [2.05, 4.69) is 24.0 Å². The van der Waals surface area contributed by atoms with Gasteiger partial charge in [0.25, 0.3) is 0 Å². The van der Waals surface area contributed by atoms with E-state index in [1.54, 1.807) is 0 Å². The van der Waals surface area contributed by atoms with E-state index in [1.165, 1.54) is 12.8 Å². The zero-order valence-electron chi connectivity index (χ0n) is 20.8. The Balaban J connectivity index is 1.06. The maximum Gasteiger partial charge on any atom is 0.310 e. The second-order valence-corrected chi connectivity index (χ2v) is 11.8. The molecule has 2 aliphatic carbocycles. The van der Waals surface area contributed by atoms with Crippen molar-refractivity contribution in [3.8, 4) is 5.75 Å². The summed E-state index contributed by atoms with van der Waals surface area (Å²) in [6.45, 7) is 4.52. The van der Waals surface area contributed by atoms with E-state index in [0.29, 0.717) is 19.0 Å². The highest BCUT2D eigenvalue weighted by Crippen LogP contribution is 2.62. The quantitative estimate of drug-likeness (QED) is 0.477. The first kappa shape index (κ1) is 23.3. The molecule has 1 N–H and O–H groups in total. The second-order valence-electron chi connectivity index (χ2n) is 11.8. The predicted octanol–water partition coefficient (Wildman–Crippen LogP) is 4.04. The van der Waals surface area contributed by atoms with Crippen molar-refractivity contribution in [1.29, 1.82) is 0 Å². The number of hydrogen-bond donors (Lipinski definition) is 1. The fourth-order valence-electron chi connectivity index (χ4n) is 7.50. The molecule has 2 saturated heterocycles. The first-order chi connectivity index (χ1) is 16.9. The van der Waals surface area contributed by atoms with Gasteiger partial charge in [-0.05, 0) is 61.9 Å². The number of epoxide rings is 1. The van der Waals surface area contributed by atoms with Crippen LogP contribution in [-0.4, -0.2) is 67.1 Å². The van der Waals surface area contributed by atoms with Crippen LogP contribution < -0.4 is 4.74 Å². The number of carbonyl (C=O) groups is 1. The molecule has 6 heteroatoms. The van der Waals surface area contributed by atoms with Crippen molar-refractivity contribution in [2.45, 2.75) is 56.8 Å². The zero-order valence-corrected chi connectivity index (χ0v) is 20.8. The SMILES string of the molecule is CN(C[C@@H](O)COc1cccc2ccccc12)C[C@H]1C(=O)O[C@@H]2C[C@@]3(C)CCC[C@]4(CO4)[C@@H]3C[C@@H]21. The van der Waals surface area contributed by atoms with Gasteiger partial charge in [-0.1, -0.05) is 43.3 Å². The largest absolute Gasteiger partial charge is 0.490 e. The molecule has 7 atom stereocenters. The van der Waals surface area contributed by atoms with Crippen LogP contribution in [0.4, 0.5) is 0 Å². The van der Waals surface area contributed by atoms with Crippen molar-refractivity contribution in [2.75, 3.05) is 33.4 Å². The molecule has 2 aliphatic heterocycles. The van der Waals surface area contributed by atoms with Gasteiger partial charge in [-0.3, -0.25) is 4.79 Å². The summed E-state index contributed by atoms with van der Waals surface area (Å²) >= 11 is 0. The van der Waals surface area contributed by atoms with Crippen LogP contribution in [-0.2, 0) is 14.3 Å². The Kier molecular flexibility index (Phi) is 5.82. The lowest BCUT2D eigenvalue weighted by atomic mass is 9.53. The standard InChI is InChI=1S/C29H37NO5/c1-28-11-6-12-29(18-34-29)26(28)13-22-23(27(32)35-25(22)14-28)16-30(2)15-20(31)17-33-24-10-5-8-19-7-3-4-9-21(19)24/h3-5,7-10,20,22-23,25-26,31H,6,11-18H2,1-2H3/t20-,22-,23-,25-,26-,28-,29+/m1/s1. The van der Waals surface area contributed by atoms with Crippen LogP contribution in [0.15, 0.2) is 42.5 Å². The van der Waals surface area contributed by atoms with Crippen LogP contribution in [0.2, 0.25) is 0 Å². The summed E-state index contributed by atoms with van der Waals surface area (Å²) in [5.74, 6) is 1.33. The summed E-state index contributed by atoms with van der Waals surface area (Å²) in [7, 11) is 1.97. The Morgan fingerprint density at radius 1 is 1.20 bits per heavy atom. The van der Waals surface area contributed by atoms with Crippen molar-refractivity contribution < 1.29 is 24.1 Å². The maximum atomic E-state index is 12.9. The number of rotatable bonds is 7. The van der Waals surface area contributed by atoms with Crippen LogP contribution in [0.1, 0.15) is 39.0 Å². The molecule has 4 fully saturated rings. The molecule has 6 rings (SSSR count). The molecule has 1 spiro atoms. The van der Waals surface area contributed by atoms with Crippen molar-refractivity contribution in [2.24, 2.45) is 23.2 Å². The minimum Gasteiger partial charge on any atom is -0.490 e. The van der Waals surface area contributed by atoms with Gasteiger partial charge in [-0.2, -0.15) is 0 Å². The number of nitrogens with zero attached hydrogens (tertiary/aromatic N) is 1. The zero-order chi connectivity index (χ0) is 24.2. The molecule has 0 radical (unpaired) electrons. The lowest BCUT2D eigenvalue weighted by Crippen LogP contribution is -2.51. The predicted molar refractivity (Wildman–Crippen MR) is 133 cm³/mol. The normalized spacial score (nSPS) is 36.6. The fraction of sp³-hybridized carbons (Fsp3) is 0.621. The molecule has 4 aliphatic rings. The topological polar surface area (TPSA) is 71.5 Å². The minimum absolute atomic E-state index is 0.0238. The molecule has 35 heavy (non-hydrogen) atoms. The van der Waals surface area contributed by atoms with E-state index >= 15 is 0 Å². The molecular weight excluding hydrogens is 442 g/mol. The van der Waals surface area contributed by atoms with Crippen LogP contribution in [0, 0.1) is 23.2 Å². The first-order valence-corrected chi connectivity index (χ1v) is 13.2. The Morgan fingerprint density at radius 2 is 2.00 bits per heavy atom. The Morgan fingerprint density at radius 3 is 2.83 bits per heavy atom. The number of hydrogen-bond acceptors (Lipinski definition) is 6. The number of aliphatic hydroxyl groups is 1. The van der Waals surface area contributed by atoms with Crippen molar-refractivity contribution >= 4 is 16.7 Å². The second kappa shape index (κ2) is 8.75. The summed E-state index contributed by atoms with van der Waals surface area (Å²) in [6.07, 6.45) is 4.92. The van der Waals surface area contributed by atoms with Gasteiger partial charge in [0.2, 0.25) is 0 Å². The summed E-state index contributed by atoms with van der Waals surface area (Å²) in [6, 6.07) is 14.0. The van der Waals surface area contributed by atoms with E-state index in [0.717, 1.165) is 42.4 Å². The number of carbonyl (C=O) groups excluding carboxylic acids is 1. The molecule has 0 aromatic heterocycles. The number of esters is 1. The van der Waals surface area contributed by atoms with Gasteiger partial charge in [-0.15, -0.1) is 0 Å². The molecule has 188 valence electrons. The van der Waals surface area contributed by atoms with Crippen molar-refractivity contribution in [3.05, 3.63) is 42.5 Å². The third kappa shape index (κ3) is 4.24. The summed E-state index contributed by atoms with van der Waals surface area (Å²) in [5, 5.41) is 12.8. The summed E-state index contributed by atoms with van der Waals surface area (Å²) in [5.41, 5.74) is 0.279. The average molecular weight is 480 g/mol. The molecule has 2 aromatic rings. The monoisotopic (exact) mass is 479 g/mol. The Bertz CT molecular complexity index is 1090. The van der Waals surface area contributed by atoms with Gasteiger partial charge in [0.1, 0.15) is 24.6 Å². The fourth-order valence-corrected chi connectivity index (χ4v) is 7.50. The van der Waals surface area contributed by atoms with Crippen LogP contribution in [0.5, 0.6) is 5.75 Å². The van der Waals surface area contributed by atoms with E-state index in [1.807, 2.05) is 37.4 Å². The molecule has 6 nitrogen and oxygen atoms in total. The molecule has 0 bridgehead atoms. The highest BCUT2D eigenvalue weighted by molar-refractivity contribution is 5.88. The molecule has 2 aromatic carbocycles. The smallest absolute Gasteiger partial charge is 0.310 e. The van der Waals surface area contributed by atoms with Gasteiger partial charge in [0, 0.05) is 24.4 Å². The number of benzene rings is 2. The lowest BCUT2D eigenvalue weighted by Gasteiger charge is -2.51. The first-order valence-electron chi connectivity index (χ1n) is 13.2. The highest BCUT2D eigenvalue weighted by atomic mass is 16.6. The maximum absolute atomic E-state index is 12.9. The molecular formula is C29H37NO5. The van der Waals surface area contributed by atoms with Crippen LogP contribution in [0.25, 0.3) is 10.8 Å². The molecule has 2 heterocycles. The molecule has 0 amide bonds. The van der Waals surface area contributed by atoms with Gasteiger partial charge in [-0.25, -0.2) is 0 Å². The lowest BCUT2D eigenvalue weighted by molar-refractivity contribution is -0.147. The van der Waals surface area contributed by atoms with E-state index < -0.39 is 6.10 Å². The number of ether oxygens (including phenoxy) is 3. The van der Waals surface area contributed by atoms with Crippen LogP contribution in [0.3, 0.4) is 0 Å². The summed E-state index contributed by atoms with van der Waals surface area (Å²) < 4.78 is 17.9. The Hall–Kier alpha value is -2.15. The average Bonchev–Trinajstić information content (AvgIpc) is 3.54. The third-order valence-corrected chi connectivity index (χ3v) is 9.29. The summed E-state index contributed by atoms with van der Waals surface area (Å²) in [4.78, 5) is 15.0.